The largest absolute Gasteiger partial charge is 0.381 e. The first-order chi connectivity index (χ1) is 6.54. The lowest BCUT2D eigenvalue weighted by Gasteiger charge is -2.32. The van der Waals surface area contributed by atoms with E-state index in [0.29, 0.717) is 38.5 Å². The minimum Gasteiger partial charge on any atom is -0.381 e. The van der Waals surface area contributed by atoms with E-state index in [0.717, 1.165) is 0 Å². The molecule has 0 aromatic heterocycles. The maximum Gasteiger partial charge on any atom is 0.240 e. The molecule has 90 valence electrons. The Kier molecular flexibility index (Phi) is 6.17. The van der Waals surface area contributed by atoms with Gasteiger partial charge in [-0.15, -0.1) is 12.4 Å². The molecule has 4 nitrogen and oxygen atoms in total. The van der Waals surface area contributed by atoms with Gasteiger partial charge in [0.15, 0.2) is 0 Å². The van der Waals surface area contributed by atoms with Crippen LogP contribution in [0.25, 0.3) is 0 Å². The number of nitrogens with one attached hydrogen (secondary N) is 1. The molecule has 0 bridgehead atoms. The topological polar surface area (TPSA) is 64.4 Å². The van der Waals surface area contributed by atoms with Crippen molar-refractivity contribution in [2.45, 2.75) is 32.2 Å². The number of amides is 1. The second-order valence-corrected chi connectivity index (χ2v) is 4.37. The normalized spacial score (nSPS) is 19.5. The number of hydrogen-bond acceptors (Lipinski definition) is 3. The number of rotatable bonds is 3. The summed E-state index contributed by atoms with van der Waals surface area (Å²) >= 11 is 0. The smallest absolute Gasteiger partial charge is 0.240 e. The Morgan fingerprint density at radius 2 is 2.00 bits per heavy atom. The minimum absolute atomic E-state index is 0. The molecule has 1 saturated heterocycles. The molecular weight excluding hydrogens is 216 g/mol. The molecule has 0 aliphatic carbocycles. The van der Waals surface area contributed by atoms with E-state index in [1.54, 1.807) is 0 Å². The van der Waals surface area contributed by atoms with E-state index in [4.69, 9.17) is 10.5 Å². The molecule has 1 aliphatic rings. The summed E-state index contributed by atoms with van der Waals surface area (Å²) in [6.07, 6.45) is 1.24. The van der Waals surface area contributed by atoms with Crippen LogP contribution in [0.5, 0.6) is 0 Å². The van der Waals surface area contributed by atoms with Crippen LogP contribution in [0.3, 0.4) is 0 Å². The average molecular weight is 237 g/mol. The van der Waals surface area contributed by atoms with Gasteiger partial charge in [0.05, 0.1) is 5.54 Å². The van der Waals surface area contributed by atoms with E-state index in [1.165, 1.54) is 0 Å². The molecule has 0 aromatic carbocycles. The van der Waals surface area contributed by atoms with Crippen LogP contribution in [0, 0.1) is 5.92 Å². The number of nitrogens with two attached hydrogens (primary N) is 1. The van der Waals surface area contributed by atoms with Crippen LogP contribution in [-0.4, -0.2) is 31.2 Å². The molecule has 1 amide bonds. The molecule has 1 fully saturated rings. The summed E-state index contributed by atoms with van der Waals surface area (Å²) in [6.45, 7) is 6.00. The Hall–Kier alpha value is -0.320. The van der Waals surface area contributed by atoms with Gasteiger partial charge in [0, 0.05) is 19.8 Å². The molecule has 1 aliphatic heterocycles. The Morgan fingerprint density at radius 3 is 2.47 bits per heavy atom. The van der Waals surface area contributed by atoms with Crippen molar-refractivity contribution in [1.29, 1.82) is 0 Å². The van der Waals surface area contributed by atoms with Crippen molar-refractivity contribution < 1.29 is 9.53 Å². The molecule has 0 unspecified atom stereocenters. The van der Waals surface area contributed by atoms with Crippen LogP contribution in [0.2, 0.25) is 0 Å². The van der Waals surface area contributed by atoms with Crippen molar-refractivity contribution in [2.24, 2.45) is 11.7 Å². The third-order valence-electron chi connectivity index (χ3n) is 2.51. The molecule has 0 saturated carbocycles. The molecule has 5 heteroatoms. The Balaban J connectivity index is 0.00000196. The maximum atomic E-state index is 11.7. The SMILES string of the molecule is CC(C)CNC(=O)C1(N)CCOCC1.Cl. The first-order valence-electron chi connectivity index (χ1n) is 5.19. The summed E-state index contributed by atoms with van der Waals surface area (Å²) in [7, 11) is 0. The van der Waals surface area contributed by atoms with Crippen molar-refractivity contribution in [1.82, 2.24) is 5.32 Å². The van der Waals surface area contributed by atoms with Crippen LogP contribution < -0.4 is 11.1 Å². The highest BCUT2D eigenvalue weighted by molar-refractivity contribution is 5.86. The first kappa shape index (κ1) is 14.7. The van der Waals surface area contributed by atoms with Crippen molar-refractivity contribution in [3.05, 3.63) is 0 Å². The van der Waals surface area contributed by atoms with Gasteiger partial charge in [-0.05, 0) is 18.8 Å². The van der Waals surface area contributed by atoms with Crippen LogP contribution in [-0.2, 0) is 9.53 Å². The first-order valence-corrected chi connectivity index (χ1v) is 5.19. The van der Waals surface area contributed by atoms with E-state index < -0.39 is 5.54 Å². The van der Waals surface area contributed by atoms with Crippen LogP contribution >= 0.6 is 12.4 Å². The maximum absolute atomic E-state index is 11.7. The van der Waals surface area contributed by atoms with Gasteiger partial charge in [-0.1, -0.05) is 13.8 Å². The second kappa shape index (κ2) is 6.30. The average Bonchev–Trinajstić information content (AvgIpc) is 2.15. The molecule has 3 N–H and O–H groups in total. The minimum atomic E-state index is -0.701. The zero-order valence-corrected chi connectivity index (χ0v) is 10.2. The Labute approximate surface area is 97.3 Å². The standard InChI is InChI=1S/C10H20N2O2.ClH/c1-8(2)7-12-9(13)10(11)3-5-14-6-4-10;/h8H,3-7,11H2,1-2H3,(H,12,13);1H. The predicted octanol–water partition coefficient (Wildman–Crippen LogP) is 0.688. The lowest BCUT2D eigenvalue weighted by atomic mass is 9.90. The van der Waals surface area contributed by atoms with Gasteiger partial charge in [0.25, 0.3) is 0 Å². The fraction of sp³-hybridized carbons (Fsp3) is 0.900. The number of halogens is 1. The van der Waals surface area contributed by atoms with Crippen molar-refractivity contribution in [3.8, 4) is 0 Å². The van der Waals surface area contributed by atoms with Crippen molar-refractivity contribution in [2.75, 3.05) is 19.8 Å². The summed E-state index contributed by atoms with van der Waals surface area (Å²) in [6, 6.07) is 0. The molecular formula is C10H21ClN2O2. The molecule has 0 aromatic rings. The van der Waals surface area contributed by atoms with Crippen LogP contribution in [0.4, 0.5) is 0 Å². The fourth-order valence-corrected chi connectivity index (χ4v) is 1.44. The molecule has 0 spiro atoms. The summed E-state index contributed by atoms with van der Waals surface area (Å²) < 4.78 is 5.18. The molecule has 0 atom stereocenters. The van der Waals surface area contributed by atoms with Gasteiger partial charge in [0.2, 0.25) is 5.91 Å². The van der Waals surface area contributed by atoms with E-state index in [9.17, 15) is 4.79 Å². The summed E-state index contributed by atoms with van der Waals surface area (Å²) in [4.78, 5) is 11.7. The molecule has 1 rings (SSSR count). The van der Waals surface area contributed by atoms with Gasteiger partial charge in [0.1, 0.15) is 0 Å². The lowest BCUT2D eigenvalue weighted by Crippen LogP contribution is -2.57. The lowest BCUT2D eigenvalue weighted by molar-refractivity contribution is -0.129. The third kappa shape index (κ3) is 4.36. The van der Waals surface area contributed by atoms with Gasteiger partial charge >= 0.3 is 0 Å². The second-order valence-electron chi connectivity index (χ2n) is 4.37. The highest BCUT2D eigenvalue weighted by Gasteiger charge is 2.35. The van der Waals surface area contributed by atoms with Gasteiger partial charge in [-0.25, -0.2) is 0 Å². The van der Waals surface area contributed by atoms with E-state index >= 15 is 0 Å². The summed E-state index contributed by atoms with van der Waals surface area (Å²) in [5.41, 5.74) is 5.30. The molecule has 1 heterocycles. The fourth-order valence-electron chi connectivity index (χ4n) is 1.44. The molecule has 0 radical (unpaired) electrons. The van der Waals surface area contributed by atoms with Crippen LogP contribution in [0.15, 0.2) is 0 Å². The van der Waals surface area contributed by atoms with E-state index in [2.05, 4.69) is 19.2 Å². The van der Waals surface area contributed by atoms with Crippen molar-refractivity contribution >= 4 is 18.3 Å². The van der Waals surface area contributed by atoms with Gasteiger partial charge in [-0.3, -0.25) is 4.79 Å². The third-order valence-corrected chi connectivity index (χ3v) is 2.51. The van der Waals surface area contributed by atoms with Crippen LogP contribution in [0.1, 0.15) is 26.7 Å². The quantitative estimate of drug-likeness (QED) is 0.758. The number of ether oxygens (including phenoxy) is 1. The monoisotopic (exact) mass is 236 g/mol. The molecule has 15 heavy (non-hydrogen) atoms. The van der Waals surface area contributed by atoms with E-state index in [-0.39, 0.29) is 18.3 Å². The van der Waals surface area contributed by atoms with Gasteiger partial charge in [-0.2, -0.15) is 0 Å². The number of carbonyl (C=O) groups excluding carboxylic acids is 1. The zero-order valence-electron chi connectivity index (χ0n) is 9.41. The van der Waals surface area contributed by atoms with Crippen molar-refractivity contribution in [3.63, 3.8) is 0 Å². The highest BCUT2D eigenvalue weighted by Crippen LogP contribution is 2.17. The number of hydrogen-bond donors (Lipinski definition) is 2. The zero-order chi connectivity index (χ0) is 10.6. The number of carbonyl (C=O) groups is 1. The summed E-state index contributed by atoms with van der Waals surface area (Å²) in [5.74, 6) is 0.428. The predicted molar refractivity (Wildman–Crippen MR) is 62.1 cm³/mol. The van der Waals surface area contributed by atoms with Gasteiger partial charge < -0.3 is 15.8 Å². The van der Waals surface area contributed by atoms with E-state index in [1.807, 2.05) is 0 Å². The summed E-state index contributed by atoms with van der Waals surface area (Å²) in [5, 5.41) is 2.87. The highest BCUT2D eigenvalue weighted by atomic mass is 35.5. The Morgan fingerprint density at radius 1 is 1.47 bits per heavy atom. The Bertz CT molecular complexity index is 204.